The molecule has 0 aliphatic carbocycles. The molecule has 0 aliphatic heterocycles. The number of furan rings is 1. The number of hydrogen-bond donors (Lipinski definition) is 3. The Bertz CT molecular complexity index is 759. The van der Waals surface area contributed by atoms with Gasteiger partial charge in [0.25, 0.3) is 5.91 Å². The molecule has 1 aromatic carbocycles. The van der Waals surface area contributed by atoms with Crippen molar-refractivity contribution in [3.05, 3.63) is 47.9 Å². The number of benzene rings is 1. The zero-order valence-corrected chi connectivity index (χ0v) is 16.0. The molecule has 0 spiro atoms. The van der Waals surface area contributed by atoms with Crippen molar-refractivity contribution in [1.82, 2.24) is 10.6 Å². The van der Waals surface area contributed by atoms with Crippen LogP contribution in [0.1, 0.15) is 22.2 Å². The van der Waals surface area contributed by atoms with E-state index < -0.39 is 0 Å². The van der Waals surface area contributed by atoms with Crippen LogP contribution in [0.5, 0.6) is 11.5 Å². The molecule has 1 aromatic heterocycles. The third-order valence-corrected chi connectivity index (χ3v) is 4.14. The number of carbonyl (C=O) groups excluding carboxylic acids is 2. The first kappa shape index (κ1) is 20.3. The molecule has 0 bridgehead atoms. The molecule has 8 nitrogen and oxygen atoms in total. The van der Waals surface area contributed by atoms with Crippen molar-refractivity contribution in [1.29, 1.82) is 0 Å². The van der Waals surface area contributed by atoms with Gasteiger partial charge in [-0.05, 0) is 30.3 Å². The third-order valence-electron chi connectivity index (χ3n) is 4.14. The van der Waals surface area contributed by atoms with Crippen LogP contribution in [0.15, 0.2) is 41.0 Å². The molecule has 0 saturated carbocycles. The summed E-state index contributed by atoms with van der Waals surface area (Å²) in [6.07, 6.45) is 1.61. The molecule has 1 atom stereocenters. The van der Waals surface area contributed by atoms with E-state index >= 15 is 0 Å². The predicted molar refractivity (Wildman–Crippen MR) is 99.1 cm³/mol. The van der Waals surface area contributed by atoms with Crippen LogP contribution < -0.4 is 25.0 Å². The second-order valence-electron chi connectivity index (χ2n) is 6.20. The lowest BCUT2D eigenvalue weighted by Gasteiger charge is -2.19. The van der Waals surface area contributed by atoms with Crippen molar-refractivity contribution < 1.29 is 28.4 Å². The van der Waals surface area contributed by atoms with Gasteiger partial charge < -0.3 is 29.4 Å². The Morgan fingerprint density at radius 3 is 2.44 bits per heavy atom. The smallest absolute Gasteiger partial charge is 0.251 e. The van der Waals surface area contributed by atoms with Gasteiger partial charge in [0, 0.05) is 5.56 Å². The van der Waals surface area contributed by atoms with Crippen LogP contribution >= 0.6 is 0 Å². The summed E-state index contributed by atoms with van der Waals surface area (Å²) < 4.78 is 15.7. The van der Waals surface area contributed by atoms with Crippen LogP contribution in [0.2, 0.25) is 0 Å². The Hall–Kier alpha value is -3.00. The first-order chi connectivity index (χ1) is 13.0. The first-order valence-corrected chi connectivity index (χ1v) is 8.56. The van der Waals surface area contributed by atoms with Gasteiger partial charge in [0.1, 0.15) is 0 Å². The number of amides is 2. The minimum Gasteiger partial charge on any atom is -0.493 e. The van der Waals surface area contributed by atoms with E-state index in [0.29, 0.717) is 23.6 Å². The number of quaternary nitrogens is 1. The zero-order valence-electron chi connectivity index (χ0n) is 16.0. The molecule has 2 rings (SSSR count). The molecule has 1 heterocycles. The summed E-state index contributed by atoms with van der Waals surface area (Å²) in [5.41, 5.74) is 0.381. The van der Waals surface area contributed by atoms with Gasteiger partial charge >= 0.3 is 0 Å². The van der Waals surface area contributed by atoms with E-state index in [-0.39, 0.29) is 24.4 Å². The Kier molecular flexibility index (Phi) is 7.25. The van der Waals surface area contributed by atoms with Gasteiger partial charge in [0.15, 0.2) is 23.3 Å². The van der Waals surface area contributed by atoms with Crippen molar-refractivity contribution in [2.75, 3.05) is 41.4 Å². The van der Waals surface area contributed by atoms with Gasteiger partial charge in [-0.2, -0.15) is 0 Å². The van der Waals surface area contributed by atoms with Gasteiger partial charge in [-0.1, -0.05) is 0 Å². The van der Waals surface area contributed by atoms with E-state index in [4.69, 9.17) is 13.9 Å². The summed E-state index contributed by atoms with van der Waals surface area (Å²) in [7, 11) is 6.99. The summed E-state index contributed by atoms with van der Waals surface area (Å²) in [5.74, 6) is 1.13. The van der Waals surface area contributed by atoms with Crippen LogP contribution in [0.25, 0.3) is 0 Å². The maximum Gasteiger partial charge on any atom is 0.251 e. The highest BCUT2D eigenvalue weighted by Gasteiger charge is 2.21. The Morgan fingerprint density at radius 2 is 1.85 bits per heavy atom. The molecular formula is C19H26N3O5+. The maximum atomic E-state index is 12.2. The summed E-state index contributed by atoms with van der Waals surface area (Å²) >= 11 is 0. The van der Waals surface area contributed by atoms with E-state index in [2.05, 4.69) is 10.6 Å². The molecule has 0 unspecified atom stereocenters. The highest BCUT2D eigenvalue weighted by Crippen LogP contribution is 2.27. The molecule has 146 valence electrons. The summed E-state index contributed by atoms with van der Waals surface area (Å²) in [6, 6.07) is 8.50. The number of ether oxygens (including phenoxy) is 2. The summed E-state index contributed by atoms with van der Waals surface area (Å²) in [4.78, 5) is 25.5. The fourth-order valence-corrected chi connectivity index (χ4v) is 2.60. The van der Waals surface area contributed by atoms with Gasteiger partial charge in [0.05, 0.1) is 47.7 Å². The lowest BCUT2D eigenvalue weighted by atomic mass is 10.2. The average Bonchev–Trinajstić information content (AvgIpc) is 3.19. The second kappa shape index (κ2) is 9.63. The highest BCUT2D eigenvalue weighted by molar-refractivity contribution is 5.97. The summed E-state index contributed by atoms with van der Waals surface area (Å²) in [5, 5.41) is 5.42. The van der Waals surface area contributed by atoms with E-state index in [1.807, 2.05) is 26.2 Å². The summed E-state index contributed by atoms with van der Waals surface area (Å²) in [6.45, 7) is 0.279. The van der Waals surface area contributed by atoms with Crippen LogP contribution in [0.4, 0.5) is 0 Å². The second-order valence-corrected chi connectivity index (χ2v) is 6.20. The highest BCUT2D eigenvalue weighted by atomic mass is 16.5. The van der Waals surface area contributed by atoms with Crippen molar-refractivity contribution in [2.24, 2.45) is 0 Å². The molecule has 2 amide bonds. The Morgan fingerprint density at radius 1 is 1.11 bits per heavy atom. The standard InChI is InChI=1S/C19H25N3O5/c1-22(2)14(15-6-5-9-27-15)11-20-18(23)12-21-19(24)13-7-8-16(25-3)17(10-13)26-4/h5-10,14H,11-12H2,1-4H3,(H,20,23)(H,21,24)/p+1/t14-/m1/s1. The van der Waals surface area contributed by atoms with E-state index in [1.54, 1.807) is 24.5 Å². The maximum absolute atomic E-state index is 12.2. The van der Waals surface area contributed by atoms with Crippen LogP contribution in [0.3, 0.4) is 0 Å². The topological polar surface area (TPSA) is 94.2 Å². The third kappa shape index (κ3) is 5.49. The van der Waals surface area contributed by atoms with Crippen molar-refractivity contribution >= 4 is 11.8 Å². The van der Waals surface area contributed by atoms with Crippen molar-refractivity contribution in [3.8, 4) is 11.5 Å². The SMILES string of the molecule is COc1ccc(C(=O)NCC(=O)NC[C@H](c2ccco2)[NH+](C)C)cc1OC. The number of methoxy groups -OCH3 is 2. The monoisotopic (exact) mass is 376 g/mol. The van der Waals surface area contributed by atoms with Crippen LogP contribution in [0, 0.1) is 0 Å². The number of nitrogens with one attached hydrogen (secondary N) is 3. The van der Waals surface area contributed by atoms with Gasteiger partial charge in [0.2, 0.25) is 5.91 Å². The Labute approximate surface area is 158 Å². The zero-order chi connectivity index (χ0) is 19.8. The number of rotatable bonds is 9. The van der Waals surface area contributed by atoms with Crippen molar-refractivity contribution in [3.63, 3.8) is 0 Å². The fourth-order valence-electron chi connectivity index (χ4n) is 2.60. The van der Waals surface area contributed by atoms with E-state index in [1.165, 1.54) is 14.2 Å². The molecule has 0 radical (unpaired) electrons. The number of carbonyl (C=O) groups is 2. The fraction of sp³-hybridized carbons (Fsp3) is 0.368. The van der Waals surface area contributed by atoms with Crippen LogP contribution in [-0.2, 0) is 4.79 Å². The van der Waals surface area contributed by atoms with E-state index in [0.717, 1.165) is 10.7 Å². The normalized spacial score (nSPS) is 11.7. The molecule has 3 N–H and O–H groups in total. The minimum atomic E-state index is -0.369. The van der Waals surface area contributed by atoms with Gasteiger partial charge in [-0.3, -0.25) is 9.59 Å². The quantitative estimate of drug-likeness (QED) is 0.574. The average molecular weight is 376 g/mol. The van der Waals surface area contributed by atoms with E-state index in [9.17, 15) is 9.59 Å². The van der Waals surface area contributed by atoms with Gasteiger partial charge in [-0.15, -0.1) is 0 Å². The largest absolute Gasteiger partial charge is 0.493 e. The molecule has 8 heteroatoms. The predicted octanol–water partition coefficient (Wildman–Crippen LogP) is 0.0286. The number of likely N-dealkylation sites (N-methyl/N-ethyl adjacent to an activating group) is 1. The molecule has 0 aliphatic rings. The molecule has 0 fully saturated rings. The Balaban J connectivity index is 1.87. The lowest BCUT2D eigenvalue weighted by molar-refractivity contribution is -0.891. The molecular weight excluding hydrogens is 350 g/mol. The van der Waals surface area contributed by atoms with Crippen molar-refractivity contribution in [2.45, 2.75) is 6.04 Å². The van der Waals surface area contributed by atoms with Gasteiger partial charge in [-0.25, -0.2) is 0 Å². The minimum absolute atomic E-state index is 0.00880. The van der Waals surface area contributed by atoms with Crippen LogP contribution in [-0.4, -0.2) is 53.2 Å². The first-order valence-electron chi connectivity index (χ1n) is 8.56. The molecule has 27 heavy (non-hydrogen) atoms. The molecule has 0 saturated heterocycles. The lowest BCUT2D eigenvalue weighted by Crippen LogP contribution is -3.07. The number of hydrogen-bond acceptors (Lipinski definition) is 5. The molecule has 2 aromatic rings.